The zero-order valence-corrected chi connectivity index (χ0v) is 15.7. The van der Waals surface area contributed by atoms with Crippen LogP contribution in [-0.2, 0) is 19.5 Å². The summed E-state index contributed by atoms with van der Waals surface area (Å²) < 4.78 is 4.24. The van der Waals surface area contributed by atoms with Crippen LogP contribution in [0, 0.1) is 0 Å². The van der Waals surface area contributed by atoms with Crippen LogP contribution >= 0.6 is 0 Å². The summed E-state index contributed by atoms with van der Waals surface area (Å²) in [7, 11) is 0. The molecule has 4 aromatic heterocycles. The molecule has 4 aromatic rings. The molecular weight excluding hydrogens is 352 g/mol. The van der Waals surface area contributed by atoms with Crippen LogP contribution in [-0.4, -0.2) is 45.5 Å². The number of aromatic nitrogens is 7. The molecule has 0 fully saturated rings. The van der Waals surface area contributed by atoms with Gasteiger partial charge in [-0.1, -0.05) is 0 Å². The van der Waals surface area contributed by atoms with Gasteiger partial charge in [-0.2, -0.15) is 0 Å². The van der Waals surface area contributed by atoms with E-state index in [2.05, 4.69) is 47.4 Å². The van der Waals surface area contributed by atoms with Crippen molar-refractivity contribution in [2.24, 2.45) is 0 Å². The van der Waals surface area contributed by atoms with E-state index in [1.807, 2.05) is 35.3 Å². The van der Waals surface area contributed by atoms with Crippen LogP contribution < -0.4 is 0 Å². The average Bonchev–Trinajstić information content (AvgIpc) is 3.49. The van der Waals surface area contributed by atoms with Gasteiger partial charge in [0, 0.05) is 61.9 Å². The molecule has 0 amide bonds. The van der Waals surface area contributed by atoms with E-state index in [9.17, 15) is 0 Å². The Morgan fingerprint density at radius 1 is 1.07 bits per heavy atom. The van der Waals surface area contributed by atoms with Crippen molar-refractivity contribution >= 4 is 0 Å². The lowest BCUT2D eigenvalue weighted by atomic mass is 9.99. The lowest BCUT2D eigenvalue weighted by Gasteiger charge is -2.35. The van der Waals surface area contributed by atoms with Gasteiger partial charge < -0.3 is 9.55 Å². The molecule has 0 aliphatic carbocycles. The first kappa shape index (κ1) is 16.9. The molecule has 28 heavy (non-hydrogen) atoms. The zero-order chi connectivity index (χ0) is 18.9. The molecule has 0 saturated heterocycles. The summed E-state index contributed by atoms with van der Waals surface area (Å²) in [5, 5.41) is 0. The van der Waals surface area contributed by atoms with Crippen LogP contribution in [0.1, 0.15) is 35.9 Å². The van der Waals surface area contributed by atoms with Gasteiger partial charge in [-0.25, -0.2) is 19.9 Å². The highest BCUT2D eigenvalue weighted by atomic mass is 15.3. The summed E-state index contributed by atoms with van der Waals surface area (Å²) in [6.07, 6.45) is 12.2. The third kappa shape index (κ3) is 2.82. The van der Waals surface area contributed by atoms with E-state index in [1.54, 1.807) is 18.7 Å². The van der Waals surface area contributed by atoms with E-state index >= 15 is 0 Å². The number of nitrogens with one attached hydrogen (secondary N) is 1. The fraction of sp³-hybridized carbons (Fsp3) is 0.300. The highest BCUT2D eigenvalue weighted by Crippen LogP contribution is 2.35. The summed E-state index contributed by atoms with van der Waals surface area (Å²) in [4.78, 5) is 23.9. The SMILES string of the molecule is CCn1ccnc1CN1CCc2[nH]cnc2C1c1cccn1-c1ncccn1. The first-order valence-electron chi connectivity index (χ1n) is 9.56. The molecular formula is C20H22N8. The molecule has 1 aliphatic heterocycles. The van der Waals surface area contributed by atoms with E-state index in [0.717, 1.165) is 43.3 Å². The Morgan fingerprint density at radius 3 is 2.82 bits per heavy atom. The smallest absolute Gasteiger partial charge is 0.233 e. The van der Waals surface area contributed by atoms with Crippen molar-refractivity contribution in [1.29, 1.82) is 0 Å². The molecule has 1 atom stereocenters. The van der Waals surface area contributed by atoms with Crippen molar-refractivity contribution in [3.05, 3.63) is 78.4 Å². The van der Waals surface area contributed by atoms with Crippen molar-refractivity contribution in [1.82, 2.24) is 39.0 Å². The third-order valence-electron chi connectivity index (χ3n) is 5.34. The number of fused-ring (bicyclic) bond motifs is 1. The van der Waals surface area contributed by atoms with Gasteiger partial charge in [0.15, 0.2) is 0 Å². The van der Waals surface area contributed by atoms with Crippen LogP contribution in [0.4, 0.5) is 0 Å². The Kier molecular flexibility index (Phi) is 4.25. The Hall–Kier alpha value is -3.26. The predicted octanol–water partition coefficient (Wildman–Crippen LogP) is 2.35. The van der Waals surface area contributed by atoms with E-state index < -0.39 is 0 Å². The first-order valence-corrected chi connectivity index (χ1v) is 9.56. The Bertz CT molecular complexity index is 1060. The van der Waals surface area contributed by atoms with Crippen LogP contribution in [0.15, 0.2) is 55.5 Å². The summed E-state index contributed by atoms with van der Waals surface area (Å²) in [5.41, 5.74) is 3.37. The number of nitrogens with zero attached hydrogens (tertiary/aromatic N) is 7. The maximum atomic E-state index is 4.67. The number of aromatic amines is 1. The first-order chi connectivity index (χ1) is 13.8. The molecule has 5 rings (SSSR count). The highest BCUT2D eigenvalue weighted by Gasteiger charge is 2.33. The molecule has 0 saturated carbocycles. The molecule has 1 aliphatic rings. The van der Waals surface area contributed by atoms with E-state index in [1.165, 1.54) is 5.69 Å². The Balaban J connectivity index is 1.58. The topological polar surface area (TPSA) is 80.5 Å². The summed E-state index contributed by atoms with van der Waals surface area (Å²) >= 11 is 0. The van der Waals surface area contributed by atoms with E-state index in [-0.39, 0.29) is 6.04 Å². The molecule has 142 valence electrons. The predicted molar refractivity (Wildman–Crippen MR) is 104 cm³/mol. The number of rotatable bonds is 5. The van der Waals surface area contributed by atoms with Gasteiger partial charge in [0.2, 0.25) is 5.95 Å². The lowest BCUT2D eigenvalue weighted by molar-refractivity contribution is 0.188. The lowest BCUT2D eigenvalue weighted by Crippen LogP contribution is -2.37. The van der Waals surface area contributed by atoms with Crippen molar-refractivity contribution in [2.75, 3.05) is 6.54 Å². The third-order valence-corrected chi connectivity index (χ3v) is 5.34. The number of aryl methyl sites for hydroxylation is 1. The van der Waals surface area contributed by atoms with Gasteiger partial charge in [-0.15, -0.1) is 0 Å². The molecule has 5 heterocycles. The van der Waals surface area contributed by atoms with Crippen LogP contribution in [0.2, 0.25) is 0 Å². The second-order valence-electron chi connectivity index (χ2n) is 6.87. The molecule has 8 nitrogen and oxygen atoms in total. The van der Waals surface area contributed by atoms with Crippen LogP contribution in [0.25, 0.3) is 5.95 Å². The molecule has 0 radical (unpaired) electrons. The Morgan fingerprint density at radius 2 is 1.96 bits per heavy atom. The van der Waals surface area contributed by atoms with Crippen LogP contribution in [0.3, 0.4) is 0 Å². The van der Waals surface area contributed by atoms with Crippen LogP contribution in [0.5, 0.6) is 0 Å². The molecule has 8 heteroatoms. The van der Waals surface area contributed by atoms with Crippen molar-refractivity contribution in [2.45, 2.75) is 32.5 Å². The van der Waals surface area contributed by atoms with Gasteiger partial charge in [0.05, 0.1) is 24.6 Å². The molecule has 0 bridgehead atoms. The second-order valence-corrected chi connectivity index (χ2v) is 6.87. The number of H-pyrrole nitrogens is 1. The molecule has 0 spiro atoms. The number of imidazole rings is 2. The number of hydrogen-bond donors (Lipinski definition) is 1. The monoisotopic (exact) mass is 374 g/mol. The average molecular weight is 374 g/mol. The van der Waals surface area contributed by atoms with E-state index in [0.29, 0.717) is 5.95 Å². The largest absolute Gasteiger partial charge is 0.348 e. The summed E-state index contributed by atoms with van der Waals surface area (Å²) in [6.45, 7) is 4.74. The zero-order valence-electron chi connectivity index (χ0n) is 15.7. The Labute approximate surface area is 162 Å². The highest BCUT2D eigenvalue weighted by molar-refractivity contribution is 5.33. The van der Waals surface area contributed by atoms with Gasteiger partial charge in [0.25, 0.3) is 0 Å². The minimum atomic E-state index is 0.0100. The van der Waals surface area contributed by atoms with E-state index in [4.69, 9.17) is 0 Å². The molecule has 1 unspecified atom stereocenters. The van der Waals surface area contributed by atoms with Gasteiger partial charge in [0.1, 0.15) is 5.82 Å². The van der Waals surface area contributed by atoms with Gasteiger partial charge >= 0.3 is 0 Å². The minimum absolute atomic E-state index is 0.0100. The second kappa shape index (κ2) is 7.05. The maximum Gasteiger partial charge on any atom is 0.233 e. The quantitative estimate of drug-likeness (QED) is 0.580. The standard InChI is InChI=1S/C20H22N8/c1-2-26-12-9-21-17(26)13-27-11-6-15-18(25-14-24-15)19(27)16-5-3-10-28(16)20-22-7-4-8-23-20/h3-5,7-10,12,14,19H,2,6,11,13H2,1H3,(H,24,25). The van der Waals surface area contributed by atoms with Gasteiger partial charge in [-0.05, 0) is 25.1 Å². The molecule has 1 N–H and O–H groups in total. The van der Waals surface area contributed by atoms with Crippen molar-refractivity contribution < 1.29 is 0 Å². The maximum absolute atomic E-state index is 4.67. The van der Waals surface area contributed by atoms with Gasteiger partial charge in [-0.3, -0.25) is 9.47 Å². The normalized spacial score (nSPS) is 17.0. The minimum Gasteiger partial charge on any atom is -0.348 e. The fourth-order valence-electron chi connectivity index (χ4n) is 4.00. The van der Waals surface area contributed by atoms with Crippen molar-refractivity contribution in [3.8, 4) is 5.95 Å². The number of hydrogen-bond acceptors (Lipinski definition) is 5. The fourth-order valence-corrected chi connectivity index (χ4v) is 4.00. The molecule has 0 aromatic carbocycles. The van der Waals surface area contributed by atoms with Crippen molar-refractivity contribution in [3.63, 3.8) is 0 Å². The summed E-state index contributed by atoms with van der Waals surface area (Å²) in [6, 6.07) is 6.01. The summed E-state index contributed by atoms with van der Waals surface area (Å²) in [5.74, 6) is 1.74.